The van der Waals surface area contributed by atoms with Gasteiger partial charge in [-0.2, -0.15) is 0 Å². The van der Waals surface area contributed by atoms with E-state index < -0.39 is 18.3 Å². The second kappa shape index (κ2) is 9.21. The maximum absolute atomic E-state index is 13.0. The van der Waals surface area contributed by atoms with Crippen molar-refractivity contribution < 1.29 is 20.1 Å². The first kappa shape index (κ1) is 23.0. The van der Waals surface area contributed by atoms with Crippen molar-refractivity contribution in [2.75, 3.05) is 26.2 Å². The molecule has 168 valence electrons. The molecule has 0 unspecified atom stereocenters. The van der Waals surface area contributed by atoms with E-state index in [1.807, 2.05) is 6.92 Å². The number of aliphatic hydroxyl groups excluding tert-OH is 3. The van der Waals surface area contributed by atoms with Crippen molar-refractivity contribution in [2.24, 2.45) is 23.2 Å². The van der Waals surface area contributed by atoms with Crippen LogP contribution in [-0.4, -0.2) is 81.6 Å². The molecular weight excluding hydrogens is 368 g/mol. The van der Waals surface area contributed by atoms with Crippen LogP contribution in [0.1, 0.15) is 66.2 Å². The second-order valence-electron chi connectivity index (χ2n) is 10.9. The molecule has 1 aliphatic carbocycles. The van der Waals surface area contributed by atoms with Gasteiger partial charge in [-0.1, -0.05) is 20.8 Å². The third-order valence-corrected chi connectivity index (χ3v) is 7.96. The van der Waals surface area contributed by atoms with Gasteiger partial charge in [0.25, 0.3) is 0 Å². The molecule has 0 aromatic rings. The topological polar surface area (TPSA) is 84.2 Å². The van der Waals surface area contributed by atoms with Crippen molar-refractivity contribution in [1.29, 1.82) is 0 Å². The Morgan fingerprint density at radius 2 is 1.52 bits per heavy atom. The molecule has 4 atom stereocenters. The summed E-state index contributed by atoms with van der Waals surface area (Å²) in [7, 11) is 0. The Balaban J connectivity index is 1.44. The fourth-order valence-electron chi connectivity index (χ4n) is 5.62. The Labute approximate surface area is 176 Å². The molecular formula is C23H42N2O4. The smallest absolute Gasteiger partial charge is 0.225 e. The Morgan fingerprint density at radius 1 is 0.931 bits per heavy atom. The fourth-order valence-corrected chi connectivity index (χ4v) is 5.62. The van der Waals surface area contributed by atoms with Crippen LogP contribution in [0.2, 0.25) is 0 Å². The third kappa shape index (κ3) is 5.33. The van der Waals surface area contributed by atoms with E-state index in [9.17, 15) is 20.1 Å². The summed E-state index contributed by atoms with van der Waals surface area (Å²) in [6.45, 7) is 11.7. The van der Waals surface area contributed by atoms with Crippen LogP contribution in [0.15, 0.2) is 0 Å². The number of hydrogen-bond donors (Lipinski definition) is 3. The highest BCUT2D eigenvalue weighted by atomic mass is 16.4. The number of carbonyl (C=O) groups is 1. The number of nitrogens with zero attached hydrogens (tertiary/aromatic N) is 2. The molecule has 2 saturated heterocycles. The van der Waals surface area contributed by atoms with Crippen LogP contribution < -0.4 is 0 Å². The highest BCUT2D eigenvalue weighted by Gasteiger charge is 2.40. The SMILES string of the molecule is C[C@@H]1[C@@H](O)[C@H](O)[C@@H](O)CN1CC1CCN(C(=O)[C@H]2CC[C@@H](C(C)(C)C)CC2)CC1. The van der Waals surface area contributed by atoms with E-state index in [4.69, 9.17) is 0 Å². The van der Waals surface area contributed by atoms with Gasteiger partial charge in [-0.3, -0.25) is 9.69 Å². The first-order chi connectivity index (χ1) is 13.6. The minimum atomic E-state index is -1.06. The first-order valence-electron chi connectivity index (χ1n) is 11.6. The molecule has 1 amide bonds. The standard InChI is InChI=1S/C23H42N2O4/c1-15-20(27)21(28)19(26)14-25(15)13-16-9-11-24(12-10-16)22(29)17-5-7-18(8-6-17)23(2,3)4/h15-21,26-28H,5-14H2,1-4H3/t15-,17-,18+,19+,20-,21-/m1/s1. The maximum atomic E-state index is 13.0. The lowest BCUT2D eigenvalue weighted by atomic mass is 9.69. The van der Waals surface area contributed by atoms with E-state index in [-0.39, 0.29) is 12.0 Å². The van der Waals surface area contributed by atoms with Gasteiger partial charge in [-0.05, 0) is 62.7 Å². The molecule has 3 aliphatic rings. The lowest BCUT2D eigenvalue weighted by Crippen LogP contribution is -2.61. The van der Waals surface area contributed by atoms with Gasteiger partial charge >= 0.3 is 0 Å². The predicted molar refractivity (Wildman–Crippen MR) is 113 cm³/mol. The van der Waals surface area contributed by atoms with Crippen LogP contribution in [0.4, 0.5) is 0 Å². The van der Waals surface area contributed by atoms with Gasteiger partial charge in [-0.15, -0.1) is 0 Å². The molecule has 6 nitrogen and oxygen atoms in total. The molecule has 0 bridgehead atoms. The summed E-state index contributed by atoms with van der Waals surface area (Å²) in [6, 6.07) is -0.161. The number of rotatable bonds is 3. The van der Waals surface area contributed by atoms with E-state index in [1.165, 1.54) is 12.8 Å². The first-order valence-corrected chi connectivity index (χ1v) is 11.6. The van der Waals surface area contributed by atoms with Crippen LogP contribution in [-0.2, 0) is 4.79 Å². The minimum absolute atomic E-state index is 0.161. The van der Waals surface area contributed by atoms with E-state index in [2.05, 4.69) is 30.6 Å². The fraction of sp³-hybridized carbons (Fsp3) is 0.957. The molecule has 2 heterocycles. The van der Waals surface area contributed by atoms with Gasteiger partial charge in [-0.25, -0.2) is 0 Å². The van der Waals surface area contributed by atoms with Crippen LogP contribution in [0, 0.1) is 23.2 Å². The van der Waals surface area contributed by atoms with Gasteiger partial charge in [0.2, 0.25) is 5.91 Å². The van der Waals surface area contributed by atoms with E-state index in [0.717, 1.165) is 51.2 Å². The Morgan fingerprint density at radius 3 is 2.07 bits per heavy atom. The van der Waals surface area contributed by atoms with Gasteiger partial charge < -0.3 is 20.2 Å². The zero-order chi connectivity index (χ0) is 21.3. The van der Waals surface area contributed by atoms with Crippen molar-refractivity contribution in [3.8, 4) is 0 Å². The van der Waals surface area contributed by atoms with Gasteiger partial charge in [0.05, 0.1) is 12.2 Å². The van der Waals surface area contributed by atoms with Crippen LogP contribution in [0.25, 0.3) is 0 Å². The Hall–Kier alpha value is -0.690. The van der Waals surface area contributed by atoms with Gasteiger partial charge in [0.15, 0.2) is 0 Å². The molecule has 29 heavy (non-hydrogen) atoms. The lowest BCUT2D eigenvalue weighted by Gasteiger charge is -2.45. The van der Waals surface area contributed by atoms with Crippen molar-refractivity contribution in [1.82, 2.24) is 9.80 Å². The van der Waals surface area contributed by atoms with Crippen molar-refractivity contribution in [3.05, 3.63) is 0 Å². The minimum Gasteiger partial charge on any atom is -0.389 e. The zero-order valence-corrected chi connectivity index (χ0v) is 18.8. The van der Waals surface area contributed by atoms with E-state index in [0.29, 0.717) is 23.8 Å². The molecule has 3 fully saturated rings. The molecule has 3 N–H and O–H groups in total. The largest absolute Gasteiger partial charge is 0.389 e. The number of β-amino-alcohol motifs (C(OH)–C–C–N with tert-alkyl or cyclic N) is 1. The van der Waals surface area contributed by atoms with Crippen molar-refractivity contribution >= 4 is 5.91 Å². The highest BCUT2D eigenvalue weighted by molar-refractivity contribution is 5.79. The van der Waals surface area contributed by atoms with Crippen molar-refractivity contribution in [3.63, 3.8) is 0 Å². The normalized spacial score (nSPS) is 38.2. The van der Waals surface area contributed by atoms with Crippen LogP contribution >= 0.6 is 0 Å². The van der Waals surface area contributed by atoms with E-state index in [1.54, 1.807) is 0 Å². The number of likely N-dealkylation sites (tertiary alicyclic amines) is 2. The lowest BCUT2D eigenvalue weighted by molar-refractivity contribution is -0.141. The molecule has 2 aliphatic heterocycles. The van der Waals surface area contributed by atoms with Crippen LogP contribution in [0.3, 0.4) is 0 Å². The number of hydrogen-bond acceptors (Lipinski definition) is 5. The number of carbonyl (C=O) groups excluding carboxylic acids is 1. The summed E-state index contributed by atoms with van der Waals surface area (Å²) in [5.41, 5.74) is 0.342. The van der Waals surface area contributed by atoms with E-state index >= 15 is 0 Å². The summed E-state index contributed by atoms with van der Waals surface area (Å²) >= 11 is 0. The number of aliphatic hydroxyl groups is 3. The maximum Gasteiger partial charge on any atom is 0.225 e. The monoisotopic (exact) mass is 410 g/mol. The summed E-state index contributed by atoms with van der Waals surface area (Å²) in [5.74, 6) is 1.76. The second-order valence-corrected chi connectivity index (χ2v) is 10.9. The average molecular weight is 411 g/mol. The molecule has 0 aromatic heterocycles. The summed E-state index contributed by atoms with van der Waals surface area (Å²) in [4.78, 5) is 17.2. The van der Waals surface area contributed by atoms with Gasteiger partial charge in [0, 0.05) is 38.1 Å². The summed E-state index contributed by atoms with van der Waals surface area (Å²) < 4.78 is 0. The highest BCUT2D eigenvalue weighted by Crippen LogP contribution is 2.40. The summed E-state index contributed by atoms with van der Waals surface area (Å²) in [6.07, 6.45) is 3.47. The van der Waals surface area contributed by atoms with Gasteiger partial charge in [0.1, 0.15) is 6.10 Å². The quantitative estimate of drug-likeness (QED) is 0.661. The summed E-state index contributed by atoms with van der Waals surface area (Å²) in [5, 5.41) is 30.0. The third-order valence-electron chi connectivity index (χ3n) is 7.96. The molecule has 0 radical (unpaired) electrons. The van der Waals surface area contributed by atoms with Crippen LogP contribution in [0.5, 0.6) is 0 Å². The molecule has 1 saturated carbocycles. The Kier molecular flexibility index (Phi) is 7.30. The number of amides is 1. The molecule has 3 rings (SSSR count). The molecule has 6 heteroatoms. The predicted octanol–water partition coefficient (Wildman–Crippen LogP) is 1.86. The molecule has 0 spiro atoms. The van der Waals surface area contributed by atoms with Crippen molar-refractivity contribution in [2.45, 2.75) is 90.6 Å². The number of piperidine rings is 2. The molecule has 0 aromatic carbocycles. The average Bonchev–Trinajstić information content (AvgIpc) is 2.70. The zero-order valence-electron chi connectivity index (χ0n) is 18.8. The Bertz CT molecular complexity index is 548.